The van der Waals surface area contributed by atoms with Gasteiger partial charge in [0.1, 0.15) is 5.52 Å². The van der Waals surface area contributed by atoms with Crippen LogP contribution in [0.2, 0.25) is 0 Å². The standard InChI is InChI=1S/C52H43N3O/c1-32-31-51(2,3)42-30-35(25-28-41(42)52(32,4)5)34-17-13-18-36(29-34)54-43-21-11-9-19-37(43)39-26-27-40-38-20-10-12-22-44(38)55(49(40)48(39)54)45-23-14-24-46-47(45)53-50(56-46)33-15-7-6-8-16-33/h6-30,32H,31H2,1-5H3. The van der Waals surface area contributed by atoms with Gasteiger partial charge in [-0.25, -0.2) is 4.98 Å². The van der Waals surface area contributed by atoms with Gasteiger partial charge in [0.25, 0.3) is 0 Å². The molecule has 0 aliphatic heterocycles. The largest absolute Gasteiger partial charge is 0.436 e. The van der Waals surface area contributed by atoms with Gasteiger partial charge in [-0.05, 0) is 94.0 Å². The van der Waals surface area contributed by atoms with E-state index in [0.717, 1.165) is 39.1 Å². The molecule has 0 saturated carbocycles. The Kier molecular flexibility index (Phi) is 6.95. The monoisotopic (exact) mass is 725 g/mol. The van der Waals surface area contributed by atoms with Gasteiger partial charge in [0.2, 0.25) is 5.89 Å². The quantitative estimate of drug-likeness (QED) is 0.181. The summed E-state index contributed by atoms with van der Waals surface area (Å²) in [5.41, 5.74) is 15.0. The fourth-order valence-corrected chi connectivity index (χ4v) is 9.90. The predicted octanol–water partition coefficient (Wildman–Crippen LogP) is 14.0. The first-order valence-corrected chi connectivity index (χ1v) is 19.9. The average Bonchev–Trinajstić information content (AvgIpc) is 3.91. The Hall–Kier alpha value is -6.39. The summed E-state index contributed by atoms with van der Waals surface area (Å²) in [7, 11) is 0. The Balaban J connectivity index is 1.20. The molecule has 3 aromatic heterocycles. The second-order valence-corrected chi connectivity index (χ2v) is 17.1. The van der Waals surface area contributed by atoms with Gasteiger partial charge in [0.05, 0.1) is 27.8 Å². The van der Waals surface area contributed by atoms with Gasteiger partial charge >= 0.3 is 0 Å². The molecule has 0 amide bonds. The van der Waals surface area contributed by atoms with Crippen LogP contribution in [0.25, 0.3) is 88.7 Å². The third-order valence-corrected chi connectivity index (χ3v) is 13.1. The molecule has 3 heterocycles. The molecule has 1 atom stereocenters. The molecule has 11 rings (SSSR count). The molecule has 272 valence electrons. The van der Waals surface area contributed by atoms with Crippen molar-refractivity contribution in [2.75, 3.05) is 0 Å². The van der Waals surface area contributed by atoms with Crippen LogP contribution < -0.4 is 0 Å². The van der Waals surface area contributed by atoms with Crippen LogP contribution >= 0.6 is 0 Å². The lowest BCUT2D eigenvalue weighted by Gasteiger charge is -2.46. The van der Waals surface area contributed by atoms with Crippen LogP contribution in [0.3, 0.4) is 0 Å². The highest BCUT2D eigenvalue weighted by Gasteiger charge is 2.42. The number of nitrogens with zero attached hydrogens (tertiary/aromatic N) is 3. The van der Waals surface area contributed by atoms with Crippen LogP contribution in [-0.2, 0) is 10.8 Å². The predicted molar refractivity (Wildman–Crippen MR) is 233 cm³/mol. The molecule has 0 N–H and O–H groups in total. The molecule has 0 bridgehead atoms. The van der Waals surface area contributed by atoms with Gasteiger partial charge in [-0.15, -0.1) is 0 Å². The van der Waals surface area contributed by atoms with E-state index in [2.05, 4.69) is 159 Å². The van der Waals surface area contributed by atoms with Crippen molar-refractivity contribution in [3.05, 3.63) is 163 Å². The fraction of sp³-hybridized carbons (Fsp3) is 0.173. The molecule has 0 fully saturated rings. The molecule has 1 aliphatic carbocycles. The van der Waals surface area contributed by atoms with Crippen LogP contribution in [0.15, 0.2) is 156 Å². The number of oxazole rings is 1. The number of hydrogen-bond donors (Lipinski definition) is 0. The lowest BCUT2D eigenvalue weighted by atomic mass is 9.58. The first-order chi connectivity index (χ1) is 27.2. The van der Waals surface area contributed by atoms with Gasteiger partial charge in [-0.2, -0.15) is 0 Å². The molecular weight excluding hydrogens is 683 g/mol. The van der Waals surface area contributed by atoms with E-state index in [-0.39, 0.29) is 10.8 Å². The molecule has 56 heavy (non-hydrogen) atoms. The van der Waals surface area contributed by atoms with Gasteiger partial charge < -0.3 is 13.6 Å². The van der Waals surface area contributed by atoms with E-state index in [1.807, 2.05) is 36.4 Å². The van der Waals surface area contributed by atoms with Gasteiger partial charge in [0, 0.05) is 32.8 Å². The number of rotatable bonds is 4. The van der Waals surface area contributed by atoms with Crippen molar-refractivity contribution in [3.8, 4) is 34.0 Å². The molecule has 0 spiro atoms. The summed E-state index contributed by atoms with van der Waals surface area (Å²) in [6, 6.07) is 55.0. The van der Waals surface area contributed by atoms with E-state index in [1.54, 1.807) is 0 Å². The molecule has 4 nitrogen and oxygen atoms in total. The number of aromatic nitrogens is 3. The smallest absolute Gasteiger partial charge is 0.227 e. The summed E-state index contributed by atoms with van der Waals surface area (Å²) in [5.74, 6) is 1.23. The Bertz CT molecular complexity index is 3190. The molecular formula is C52H43N3O. The Labute approximate surface area is 326 Å². The zero-order chi connectivity index (χ0) is 37.9. The average molecular weight is 726 g/mol. The van der Waals surface area contributed by atoms with Crippen LogP contribution in [0.5, 0.6) is 0 Å². The highest BCUT2D eigenvalue weighted by atomic mass is 16.3. The van der Waals surface area contributed by atoms with Crippen LogP contribution in [0.1, 0.15) is 52.2 Å². The van der Waals surface area contributed by atoms with Crippen molar-refractivity contribution in [1.82, 2.24) is 14.1 Å². The lowest BCUT2D eigenvalue weighted by Crippen LogP contribution is -2.40. The van der Waals surface area contributed by atoms with Crippen molar-refractivity contribution in [1.29, 1.82) is 0 Å². The summed E-state index contributed by atoms with van der Waals surface area (Å²) in [5, 5.41) is 4.84. The summed E-state index contributed by atoms with van der Waals surface area (Å²) >= 11 is 0. The summed E-state index contributed by atoms with van der Waals surface area (Å²) in [6.45, 7) is 12.1. The van der Waals surface area contributed by atoms with E-state index >= 15 is 0 Å². The molecule has 4 heteroatoms. The third kappa shape index (κ3) is 4.68. The second-order valence-electron chi connectivity index (χ2n) is 17.1. The normalized spacial score (nSPS) is 16.3. The Morgan fingerprint density at radius 3 is 1.93 bits per heavy atom. The Morgan fingerprint density at radius 2 is 1.18 bits per heavy atom. The summed E-state index contributed by atoms with van der Waals surface area (Å²) < 4.78 is 11.3. The number of benzene rings is 7. The topological polar surface area (TPSA) is 35.9 Å². The van der Waals surface area contributed by atoms with Crippen LogP contribution in [0, 0.1) is 5.92 Å². The number of hydrogen-bond acceptors (Lipinski definition) is 2. The van der Waals surface area contributed by atoms with Gasteiger partial charge in [-0.1, -0.05) is 138 Å². The minimum atomic E-state index is 0.109. The first kappa shape index (κ1) is 33.0. The molecule has 10 aromatic rings. The first-order valence-electron chi connectivity index (χ1n) is 19.9. The fourth-order valence-electron chi connectivity index (χ4n) is 9.90. The zero-order valence-electron chi connectivity index (χ0n) is 32.5. The maximum Gasteiger partial charge on any atom is 0.227 e. The highest BCUT2D eigenvalue weighted by Crippen LogP contribution is 2.50. The van der Waals surface area contributed by atoms with Crippen molar-refractivity contribution in [2.45, 2.75) is 51.9 Å². The van der Waals surface area contributed by atoms with Crippen molar-refractivity contribution in [2.24, 2.45) is 5.92 Å². The van der Waals surface area contributed by atoms with E-state index in [9.17, 15) is 0 Å². The molecule has 0 radical (unpaired) electrons. The van der Waals surface area contributed by atoms with Gasteiger partial charge in [0.15, 0.2) is 5.58 Å². The second kappa shape index (κ2) is 11.8. The minimum absolute atomic E-state index is 0.109. The van der Waals surface area contributed by atoms with Crippen molar-refractivity contribution >= 4 is 54.7 Å². The van der Waals surface area contributed by atoms with Crippen molar-refractivity contribution in [3.63, 3.8) is 0 Å². The molecule has 0 saturated heterocycles. The SMILES string of the molecule is CC1CC(C)(C)c2cc(-c3cccc(-n4c5ccccc5c5ccc6c7ccccc7n(-c7cccc8oc(-c9ccccc9)nc78)c6c54)c3)ccc2C1(C)C. The molecule has 7 aromatic carbocycles. The van der Waals surface area contributed by atoms with E-state index in [4.69, 9.17) is 9.40 Å². The zero-order valence-corrected chi connectivity index (χ0v) is 32.5. The van der Waals surface area contributed by atoms with E-state index in [0.29, 0.717) is 11.8 Å². The summed E-state index contributed by atoms with van der Waals surface area (Å²) in [4.78, 5) is 5.16. The maximum atomic E-state index is 6.44. The third-order valence-electron chi connectivity index (χ3n) is 13.1. The minimum Gasteiger partial charge on any atom is -0.436 e. The van der Waals surface area contributed by atoms with E-state index < -0.39 is 0 Å². The lowest BCUT2D eigenvalue weighted by molar-refractivity contribution is 0.233. The highest BCUT2D eigenvalue weighted by molar-refractivity contribution is 6.24. The van der Waals surface area contributed by atoms with Crippen molar-refractivity contribution < 1.29 is 4.42 Å². The maximum absolute atomic E-state index is 6.44. The van der Waals surface area contributed by atoms with E-state index in [1.165, 1.54) is 61.3 Å². The molecule has 1 unspecified atom stereocenters. The Morgan fingerprint density at radius 1 is 0.554 bits per heavy atom. The van der Waals surface area contributed by atoms with Crippen LogP contribution in [-0.4, -0.2) is 14.1 Å². The van der Waals surface area contributed by atoms with Gasteiger partial charge in [-0.3, -0.25) is 0 Å². The molecule has 1 aliphatic rings. The van der Waals surface area contributed by atoms with Crippen LogP contribution in [0.4, 0.5) is 0 Å². The number of para-hydroxylation sites is 3. The number of fused-ring (bicyclic) bond motifs is 9. The summed E-state index contributed by atoms with van der Waals surface area (Å²) in [6.07, 6.45) is 1.18.